The maximum atomic E-state index is 12.4. The van der Waals surface area contributed by atoms with Crippen LogP contribution in [0.25, 0.3) is 0 Å². The van der Waals surface area contributed by atoms with E-state index in [1.54, 1.807) is 11.3 Å². The first kappa shape index (κ1) is 16.1. The lowest BCUT2D eigenvalue weighted by molar-refractivity contribution is -0.127. The third kappa shape index (κ3) is 4.09. The number of nitrogens with one attached hydrogen (secondary N) is 1. The van der Waals surface area contributed by atoms with Crippen LogP contribution in [0.2, 0.25) is 0 Å². The zero-order valence-corrected chi connectivity index (χ0v) is 13.6. The topological polar surface area (TPSA) is 49.3 Å². The summed E-state index contributed by atoms with van der Waals surface area (Å²) < 4.78 is 0. The Morgan fingerprint density at radius 2 is 2.38 bits per heavy atom. The second-order valence-electron chi connectivity index (χ2n) is 6.18. The van der Waals surface area contributed by atoms with Crippen LogP contribution in [0.1, 0.15) is 50.0 Å². The number of rotatable bonds is 4. The molecule has 1 heterocycles. The van der Waals surface area contributed by atoms with Gasteiger partial charge in [-0.05, 0) is 29.7 Å². The van der Waals surface area contributed by atoms with Gasteiger partial charge < -0.3 is 10.4 Å². The summed E-state index contributed by atoms with van der Waals surface area (Å²) >= 11 is 1.61. The van der Waals surface area contributed by atoms with Crippen molar-refractivity contribution >= 4 is 17.2 Å². The van der Waals surface area contributed by atoms with Crippen LogP contribution in [0.5, 0.6) is 0 Å². The molecule has 1 unspecified atom stereocenters. The fraction of sp³-hybridized carbons (Fsp3) is 0.588. The van der Waals surface area contributed by atoms with E-state index in [9.17, 15) is 4.79 Å². The average Bonchev–Trinajstić information content (AvgIpc) is 3.02. The molecule has 1 atom stereocenters. The molecular weight excluding hydrogens is 282 g/mol. The highest BCUT2D eigenvalue weighted by Crippen LogP contribution is 2.42. The highest BCUT2D eigenvalue weighted by molar-refractivity contribution is 7.10. The van der Waals surface area contributed by atoms with Gasteiger partial charge in [0.05, 0.1) is 13.2 Å². The number of thiophene rings is 1. The molecule has 1 aromatic rings. The Hall–Kier alpha value is -1.31. The minimum absolute atomic E-state index is 0.0833. The predicted molar refractivity (Wildman–Crippen MR) is 85.9 cm³/mol. The van der Waals surface area contributed by atoms with Crippen molar-refractivity contribution in [1.29, 1.82) is 0 Å². The average molecular weight is 305 g/mol. The normalized spacial score (nSPS) is 19.9. The Labute approximate surface area is 130 Å². The lowest BCUT2D eigenvalue weighted by Gasteiger charge is -2.25. The van der Waals surface area contributed by atoms with Gasteiger partial charge in [-0.1, -0.05) is 32.1 Å². The van der Waals surface area contributed by atoms with Crippen molar-refractivity contribution in [3.05, 3.63) is 21.9 Å². The highest BCUT2D eigenvalue weighted by atomic mass is 32.1. The first-order valence-electron chi connectivity index (χ1n) is 7.48. The predicted octanol–water partition coefficient (Wildman–Crippen LogP) is 2.92. The number of hydrogen-bond acceptors (Lipinski definition) is 3. The number of amides is 1. The maximum Gasteiger partial charge on any atom is 0.223 e. The first-order chi connectivity index (χ1) is 10.0. The van der Waals surface area contributed by atoms with Gasteiger partial charge in [0.25, 0.3) is 0 Å². The van der Waals surface area contributed by atoms with E-state index < -0.39 is 0 Å². The first-order valence-corrected chi connectivity index (χ1v) is 8.36. The smallest absolute Gasteiger partial charge is 0.223 e. The summed E-state index contributed by atoms with van der Waals surface area (Å²) in [7, 11) is 0. The minimum Gasteiger partial charge on any atom is -0.395 e. The molecule has 4 heteroatoms. The van der Waals surface area contributed by atoms with E-state index in [0.29, 0.717) is 13.0 Å². The van der Waals surface area contributed by atoms with Gasteiger partial charge in [0.2, 0.25) is 5.91 Å². The molecule has 1 saturated carbocycles. The van der Waals surface area contributed by atoms with Crippen LogP contribution >= 0.6 is 11.3 Å². The summed E-state index contributed by atoms with van der Waals surface area (Å²) in [6.07, 6.45) is 3.74. The number of hydrogen-bond donors (Lipinski definition) is 2. The number of carbonyl (C=O) groups excluding carboxylic acids is 1. The third-order valence-corrected chi connectivity index (χ3v) is 5.12. The maximum absolute atomic E-state index is 12.4. The molecular formula is C17H23NO2S. The highest BCUT2D eigenvalue weighted by Gasteiger charge is 2.39. The van der Waals surface area contributed by atoms with Crippen molar-refractivity contribution in [3.63, 3.8) is 0 Å². The van der Waals surface area contributed by atoms with Crippen molar-refractivity contribution in [1.82, 2.24) is 5.32 Å². The summed E-state index contributed by atoms with van der Waals surface area (Å²) in [4.78, 5) is 13.4. The lowest BCUT2D eigenvalue weighted by atomic mass is 9.81. The van der Waals surface area contributed by atoms with Gasteiger partial charge in [-0.2, -0.15) is 0 Å². The number of carbonyl (C=O) groups is 1. The molecule has 21 heavy (non-hydrogen) atoms. The van der Waals surface area contributed by atoms with E-state index in [1.807, 2.05) is 11.4 Å². The third-order valence-electron chi connectivity index (χ3n) is 4.20. The van der Waals surface area contributed by atoms with Gasteiger partial charge >= 0.3 is 0 Å². The molecule has 1 aliphatic rings. The quantitative estimate of drug-likeness (QED) is 0.840. The molecule has 0 aliphatic heterocycles. The summed E-state index contributed by atoms with van der Waals surface area (Å²) in [5.74, 6) is 6.27. The van der Waals surface area contributed by atoms with E-state index in [4.69, 9.17) is 5.11 Å². The second kappa shape index (κ2) is 7.11. The van der Waals surface area contributed by atoms with E-state index >= 15 is 0 Å². The Morgan fingerprint density at radius 3 is 3.05 bits per heavy atom. The van der Waals surface area contributed by atoms with Crippen LogP contribution in [-0.4, -0.2) is 17.6 Å². The van der Waals surface area contributed by atoms with E-state index in [1.165, 1.54) is 0 Å². The monoisotopic (exact) mass is 305 g/mol. The van der Waals surface area contributed by atoms with Crippen LogP contribution in [0.4, 0.5) is 0 Å². The summed E-state index contributed by atoms with van der Waals surface area (Å²) in [5.41, 5.74) is 1.07. The molecule has 3 nitrogen and oxygen atoms in total. The molecule has 1 aliphatic carbocycles. The Morgan fingerprint density at radius 1 is 1.57 bits per heavy atom. The molecule has 0 spiro atoms. The Bertz CT molecular complexity index is 551. The molecule has 0 radical (unpaired) electrons. The molecule has 0 saturated heterocycles. The largest absolute Gasteiger partial charge is 0.395 e. The Kier molecular flexibility index (Phi) is 5.44. The van der Waals surface area contributed by atoms with Crippen LogP contribution < -0.4 is 5.32 Å². The minimum atomic E-state index is 0.0833. The number of aliphatic hydroxyl groups is 1. The molecule has 1 amide bonds. The van der Waals surface area contributed by atoms with Crippen molar-refractivity contribution in [2.45, 2.75) is 46.1 Å². The van der Waals surface area contributed by atoms with Crippen molar-refractivity contribution in [2.24, 2.45) is 11.3 Å². The summed E-state index contributed by atoms with van der Waals surface area (Å²) in [5, 5.41) is 13.8. The summed E-state index contributed by atoms with van der Waals surface area (Å²) in [6, 6.07) is 1.97. The van der Waals surface area contributed by atoms with Gasteiger partial charge in [0.15, 0.2) is 0 Å². The van der Waals surface area contributed by atoms with Gasteiger partial charge in [0.1, 0.15) is 0 Å². The fourth-order valence-corrected chi connectivity index (χ4v) is 3.68. The van der Waals surface area contributed by atoms with Crippen LogP contribution in [0.15, 0.2) is 11.4 Å². The molecule has 0 bridgehead atoms. The van der Waals surface area contributed by atoms with Gasteiger partial charge in [0, 0.05) is 22.8 Å². The van der Waals surface area contributed by atoms with Gasteiger partial charge in [-0.3, -0.25) is 4.79 Å². The van der Waals surface area contributed by atoms with Gasteiger partial charge in [-0.25, -0.2) is 0 Å². The van der Waals surface area contributed by atoms with Crippen molar-refractivity contribution in [2.75, 3.05) is 6.61 Å². The van der Waals surface area contributed by atoms with Crippen molar-refractivity contribution < 1.29 is 9.90 Å². The van der Waals surface area contributed by atoms with E-state index in [2.05, 4.69) is 31.0 Å². The second-order valence-corrected chi connectivity index (χ2v) is 7.18. The molecule has 114 valence electrons. The fourth-order valence-electron chi connectivity index (χ4n) is 2.91. The molecule has 0 aromatic carbocycles. The van der Waals surface area contributed by atoms with Crippen molar-refractivity contribution in [3.8, 4) is 11.8 Å². The zero-order chi connectivity index (χ0) is 15.3. The standard InChI is InChI=1S/C17H23NO2S/c1-17(2)9-5-7-14(17)16(20)18-12-15-13(8-11-21-15)6-3-4-10-19/h8,11,14,19H,4-5,7,9-10,12H2,1-2H3,(H,18,20). The zero-order valence-electron chi connectivity index (χ0n) is 12.7. The van der Waals surface area contributed by atoms with Crippen LogP contribution in [-0.2, 0) is 11.3 Å². The molecule has 1 aromatic heterocycles. The van der Waals surface area contributed by atoms with E-state index in [-0.39, 0.29) is 23.8 Å². The van der Waals surface area contributed by atoms with Gasteiger partial charge in [-0.15, -0.1) is 11.3 Å². The van der Waals surface area contributed by atoms with Crippen LogP contribution in [0, 0.1) is 23.2 Å². The number of aliphatic hydroxyl groups excluding tert-OH is 1. The summed E-state index contributed by atoms with van der Waals surface area (Å²) in [6.45, 7) is 4.99. The Balaban J connectivity index is 1.93. The molecule has 1 fully saturated rings. The molecule has 2 rings (SSSR count). The van der Waals surface area contributed by atoms with Crippen LogP contribution in [0.3, 0.4) is 0 Å². The SMILES string of the molecule is CC1(C)CCCC1C(=O)NCc1sccc1C#CCCO. The molecule has 2 N–H and O–H groups in total. The van der Waals surface area contributed by atoms with E-state index in [0.717, 1.165) is 29.7 Å². The lowest BCUT2D eigenvalue weighted by Crippen LogP contribution is -2.35.